The third-order valence-corrected chi connectivity index (χ3v) is 3.72. The average molecular weight is 349 g/mol. The monoisotopic (exact) mass is 348 g/mol. The van der Waals surface area contributed by atoms with E-state index in [1.807, 2.05) is 0 Å². The van der Waals surface area contributed by atoms with E-state index in [9.17, 15) is 19.2 Å². The zero-order valence-corrected chi connectivity index (χ0v) is 13.3. The fraction of sp³-hybridized carbons (Fsp3) is 0.692. The van der Waals surface area contributed by atoms with Crippen molar-refractivity contribution >= 4 is 34.8 Å². The highest BCUT2D eigenvalue weighted by molar-refractivity contribution is 6.63. The van der Waals surface area contributed by atoms with Gasteiger partial charge < -0.3 is 26.4 Å². The van der Waals surface area contributed by atoms with Crippen LogP contribution in [0, 0.1) is 0 Å². The molecular formula is C13H21ClN4O5. The highest BCUT2D eigenvalue weighted by atomic mass is 35.5. The fourth-order valence-electron chi connectivity index (χ4n) is 2.37. The van der Waals surface area contributed by atoms with Crippen LogP contribution >= 0.6 is 11.6 Å². The van der Waals surface area contributed by atoms with Gasteiger partial charge in [0.25, 0.3) is 0 Å². The molecule has 3 amide bonds. The maximum absolute atomic E-state index is 12.3. The highest BCUT2D eigenvalue weighted by Crippen LogP contribution is 2.19. The molecule has 1 fully saturated rings. The fourth-order valence-corrected chi connectivity index (χ4v) is 2.58. The number of amides is 3. The molecule has 0 radical (unpaired) electrons. The average Bonchev–Trinajstić information content (AvgIpc) is 2.98. The molecular weight excluding hydrogens is 328 g/mol. The highest BCUT2D eigenvalue weighted by Gasteiger charge is 2.35. The van der Waals surface area contributed by atoms with Crippen LogP contribution in [0.1, 0.15) is 25.7 Å². The van der Waals surface area contributed by atoms with E-state index in [2.05, 4.69) is 10.6 Å². The summed E-state index contributed by atoms with van der Waals surface area (Å²) in [5.74, 6) is -2.10. The summed E-state index contributed by atoms with van der Waals surface area (Å²) in [7, 11) is 0. The maximum atomic E-state index is 12.3. The Bertz CT molecular complexity index is 473. The molecule has 1 rings (SSSR count). The molecule has 2 unspecified atom stereocenters. The van der Waals surface area contributed by atoms with E-state index in [-0.39, 0.29) is 25.9 Å². The van der Waals surface area contributed by atoms with Crippen molar-refractivity contribution in [1.29, 1.82) is 0 Å². The first-order valence-corrected chi connectivity index (χ1v) is 7.70. The Morgan fingerprint density at radius 2 is 2.04 bits per heavy atom. The molecule has 1 saturated heterocycles. The van der Waals surface area contributed by atoms with Gasteiger partial charge in [0.1, 0.15) is 12.1 Å². The van der Waals surface area contributed by atoms with Crippen LogP contribution in [0.4, 0.5) is 4.79 Å². The molecule has 1 aliphatic heterocycles. The number of halogens is 1. The summed E-state index contributed by atoms with van der Waals surface area (Å²) >= 11 is 5.43. The zero-order chi connectivity index (χ0) is 17.4. The number of carbonyl (C=O) groups excluding carboxylic acids is 3. The molecule has 0 aliphatic carbocycles. The lowest BCUT2D eigenvalue weighted by molar-refractivity contribution is -0.138. The summed E-state index contributed by atoms with van der Waals surface area (Å²) in [6.07, 6.45) is 0.749. The van der Waals surface area contributed by atoms with Gasteiger partial charge in [0.15, 0.2) is 0 Å². The number of rotatable bonds is 8. The van der Waals surface area contributed by atoms with Gasteiger partial charge in [0.2, 0.25) is 11.8 Å². The van der Waals surface area contributed by atoms with Crippen LogP contribution in [0.2, 0.25) is 0 Å². The van der Waals surface area contributed by atoms with Crippen LogP contribution in [0.25, 0.3) is 0 Å². The van der Waals surface area contributed by atoms with Crippen molar-refractivity contribution in [3.63, 3.8) is 0 Å². The van der Waals surface area contributed by atoms with Gasteiger partial charge in [-0.3, -0.25) is 19.2 Å². The Morgan fingerprint density at radius 1 is 1.35 bits per heavy atom. The molecule has 0 bridgehead atoms. The molecule has 130 valence electrons. The summed E-state index contributed by atoms with van der Waals surface area (Å²) in [5.41, 5.74) is 5.30. The predicted molar refractivity (Wildman–Crippen MR) is 81.8 cm³/mol. The number of carbonyl (C=O) groups is 4. The van der Waals surface area contributed by atoms with Crippen molar-refractivity contribution in [2.75, 3.05) is 19.6 Å². The zero-order valence-electron chi connectivity index (χ0n) is 12.6. The van der Waals surface area contributed by atoms with E-state index in [1.165, 1.54) is 4.90 Å². The van der Waals surface area contributed by atoms with Crippen LogP contribution in [-0.2, 0) is 14.4 Å². The molecule has 0 saturated carbocycles. The molecule has 1 aliphatic rings. The van der Waals surface area contributed by atoms with Crippen LogP contribution in [0.3, 0.4) is 0 Å². The summed E-state index contributed by atoms with van der Waals surface area (Å²) in [4.78, 5) is 47.5. The largest absolute Gasteiger partial charge is 0.481 e. The first-order chi connectivity index (χ1) is 10.9. The molecule has 1 heterocycles. The van der Waals surface area contributed by atoms with Gasteiger partial charge in [-0.15, -0.1) is 0 Å². The van der Waals surface area contributed by atoms with E-state index in [0.717, 1.165) is 0 Å². The standard InChI is InChI=1S/C13H21ClN4O5/c14-13(23)18-7-1-2-9(18)12(22)17-8(3-4-10(19)20)11(21)16-6-5-15/h8-9H,1-7,15H2,(H,16,21)(H,17,22)(H,19,20). The first kappa shape index (κ1) is 19.2. The molecule has 10 heteroatoms. The Morgan fingerprint density at radius 3 is 2.61 bits per heavy atom. The van der Waals surface area contributed by atoms with E-state index in [0.29, 0.717) is 19.4 Å². The minimum absolute atomic E-state index is 0.0565. The number of nitrogens with zero attached hydrogens (tertiary/aromatic N) is 1. The normalized spacial score (nSPS) is 18.3. The summed E-state index contributed by atoms with van der Waals surface area (Å²) in [5, 5.41) is 13.0. The second kappa shape index (κ2) is 9.31. The van der Waals surface area contributed by atoms with Crippen molar-refractivity contribution in [2.45, 2.75) is 37.8 Å². The van der Waals surface area contributed by atoms with E-state index in [4.69, 9.17) is 22.4 Å². The molecule has 2 atom stereocenters. The Labute approximate surface area is 138 Å². The van der Waals surface area contributed by atoms with Crippen LogP contribution in [0.15, 0.2) is 0 Å². The van der Waals surface area contributed by atoms with Crippen molar-refractivity contribution in [1.82, 2.24) is 15.5 Å². The van der Waals surface area contributed by atoms with E-state index < -0.39 is 35.2 Å². The summed E-state index contributed by atoms with van der Waals surface area (Å²) < 4.78 is 0. The minimum Gasteiger partial charge on any atom is -0.481 e. The van der Waals surface area contributed by atoms with Crippen molar-refractivity contribution in [3.05, 3.63) is 0 Å². The number of hydrogen-bond acceptors (Lipinski definition) is 5. The Kier molecular flexibility index (Phi) is 7.76. The number of nitrogens with one attached hydrogen (secondary N) is 2. The second-order valence-corrected chi connectivity index (χ2v) is 5.50. The first-order valence-electron chi connectivity index (χ1n) is 7.32. The van der Waals surface area contributed by atoms with Gasteiger partial charge in [-0.25, -0.2) is 0 Å². The van der Waals surface area contributed by atoms with Crippen LogP contribution in [-0.4, -0.2) is 64.9 Å². The Hall–Kier alpha value is -1.87. The van der Waals surface area contributed by atoms with Gasteiger partial charge in [-0.2, -0.15) is 0 Å². The van der Waals surface area contributed by atoms with Crippen molar-refractivity contribution in [2.24, 2.45) is 5.73 Å². The molecule has 5 N–H and O–H groups in total. The summed E-state index contributed by atoms with van der Waals surface area (Å²) in [6.45, 7) is 0.816. The van der Waals surface area contributed by atoms with Gasteiger partial charge in [0.05, 0.1) is 0 Å². The van der Waals surface area contributed by atoms with E-state index in [1.54, 1.807) is 0 Å². The maximum Gasteiger partial charge on any atom is 0.317 e. The van der Waals surface area contributed by atoms with Crippen LogP contribution < -0.4 is 16.4 Å². The number of nitrogens with two attached hydrogens (primary N) is 1. The number of hydrogen-bond donors (Lipinski definition) is 4. The molecule has 0 spiro atoms. The molecule has 23 heavy (non-hydrogen) atoms. The molecule has 9 nitrogen and oxygen atoms in total. The van der Waals surface area contributed by atoms with Gasteiger partial charge in [-0.05, 0) is 30.9 Å². The number of likely N-dealkylation sites (tertiary alicyclic amines) is 1. The van der Waals surface area contributed by atoms with Gasteiger partial charge >= 0.3 is 11.3 Å². The quantitative estimate of drug-likeness (QED) is 0.335. The van der Waals surface area contributed by atoms with Gasteiger partial charge in [0, 0.05) is 26.1 Å². The van der Waals surface area contributed by atoms with Crippen LogP contribution in [0.5, 0.6) is 0 Å². The topological polar surface area (TPSA) is 142 Å². The van der Waals surface area contributed by atoms with E-state index >= 15 is 0 Å². The summed E-state index contributed by atoms with van der Waals surface area (Å²) in [6, 6.07) is -1.74. The number of carboxylic acids is 1. The number of aliphatic carboxylic acids is 1. The van der Waals surface area contributed by atoms with Crippen molar-refractivity contribution in [3.8, 4) is 0 Å². The predicted octanol–water partition coefficient (Wildman–Crippen LogP) is -0.766. The lowest BCUT2D eigenvalue weighted by Crippen LogP contribution is -2.53. The smallest absolute Gasteiger partial charge is 0.317 e. The second-order valence-electron chi connectivity index (χ2n) is 5.18. The SMILES string of the molecule is NCCNC(=O)C(CCC(=O)O)NC(=O)C1CCCN1C(=O)Cl. The third kappa shape index (κ3) is 6.03. The molecule has 0 aromatic heterocycles. The lowest BCUT2D eigenvalue weighted by Gasteiger charge is -2.24. The third-order valence-electron chi connectivity index (χ3n) is 3.50. The van der Waals surface area contributed by atoms with Crippen molar-refractivity contribution < 1.29 is 24.3 Å². The molecule has 0 aromatic carbocycles. The number of carboxylic acid groups (broad SMARTS) is 1. The minimum atomic E-state index is -1.07. The molecule has 0 aromatic rings. The lowest BCUT2D eigenvalue weighted by atomic mass is 10.1. The Balaban J connectivity index is 2.70. The van der Waals surface area contributed by atoms with Gasteiger partial charge in [-0.1, -0.05) is 0 Å².